The van der Waals surface area contributed by atoms with Gasteiger partial charge in [0, 0.05) is 38.4 Å². The first-order valence-electron chi connectivity index (χ1n) is 14.8. The number of fused-ring (bicyclic) bond motifs is 3. The van der Waals surface area contributed by atoms with Crippen LogP contribution in [0.1, 0.15) is 46.4 Å². The molecular weight excluding hydrogens is 519 g/mol. The highest BCUT2D eigenvalue weighted by Crippen LogP contribution is 2.61. The van der Waals surface area contributed by atoms with E-state index in [0.29, 0.717) is 45.9 Å². The van der Waals surface area contributed by atoms with Crippen LogP contribution in [0.15, 0.2) is 52.3 Å². The maximum atomic E-state index is 13.3. The number of aromatic nitrogens is 2. The summed E-state index contributed by atoms with van der Waals surface area (Å²) in [6.45, 7) is 12.2. The van der Waals surface area contributed by atoms with Gasteiger partial charge < -0.3 is 20.3 Å². The van der Waals surface area contributed by atoms with Crippen LogP contribution in [-0.2, 0) is 13.7 Å². The van der Waals surface area contributed by atoms with Gasteiger partial charge in [0.25, 0.3) is 5.56 Å². The van der Waals surface area contributed by atoms with Gasteiger partial charge in [0.05, 0.1) is 16.9 Å². The van der Waals surface area contributed by atoms with Gasteiger partial charge in [0.1, 0.15) is 24.0 Å². The molecule has 4 fully saturated rings. The molecule has 1 aromatic heterocycles. The van der Waals surface area contributed by atoms with E-state index in [4.69, 9.17) is 14.7 Å². The van der Waals surface area contributed by atoms with Crippen LogP contribution < -0.4 is 20.9 Å². The van der Waals surface area contributed by atoms with Crippen molar-refractivity contribution < 1.29 is 9.13 Å². The Balaban J connectivity index is 1.28. The molecule has 9 heteroatoms. The molecule has 8 nitrogen and oxygen atoms in total. The second-order valence-corrected chi connectivity index (χ2v) is 12.8. The third-order valence-electron chi connectivity index (χ3n) is 9.88. The molecule has 3 aromatic rings. The molecule has 3 saturated carbocycles. The van der Waals surface area contributed by atoms with Crippen LogP contribution in [0.2, 0.25) is 0 Å². The smallest absolute Gasteiger partial charge is 0.261 e. The lowest BCUT2D eigenvalue weighted by molar-refractivity contribution is -0.108. The highest BCUT2D eigenvalue weighted by atomic mass is 19.1. The summed E-state index contributed by atoms with van der Waals surface area (Å²) in [4.78, 5) is 25.7. The second kappa shape index (κ2) is 10.7. The number of nitrogens with one attached hydrogen (secondary N) is 2. The summed E-state index contributed by atoms with van der Waals surface area (Å²) in [5, 5.41) is 7.71. The zero-order valence-corrected chi connectivity index (χ0v) is 24.7. The molecule has 3 aliphatic carbocycles. The Bertz CT molecular complexity index is 1520. The Morgan fingerprint density at radius 3 is 2.68 bits per heavy atom. The molecule has 2 N–H and O–H groups in total. The molecule has 7 rings (SSSR count). The van der Waals surface area contributed by atoms with Crippen LogP contribution in [0.4, 0.5) is 10.1 Å². The van der Waals surface area contributed by atoms with Crippen LogP contribution in [0.25, 0.3) is 10.9 Å². The number of ether oxygens (including phenoxy) is 1. The van der Waals surface area contributed by atoms with Crippen molar-refractivity contribution in [2.75, 3.05) is 25.0 Å². The van der Waals surface area contributed by atoms with Gasteiger partial charge in [0.2, 0.25) is 0 Å². The standard InChI is InChI=1S/C32H41FN6O2/c1-19-17-39(13-12-34-19)31(37-27-15-21-14-26(20(27)2)32(21,3)4)35-23-8-11-25-28(16-23)36-29(38(5)30(25)40)18-41-24-9-6-22(33)7-10-24/h6-11,16,19-21,26-27,34H,12-15,17-18H2,1-5H3,(H,35,37)/t19-,20-,21-,26+,27?/m0/s1. The maximum Gasteiger partial charge on any atom is 0.261 e. The second-order valence-electron chi connectivity index (χ2n) is 12.8. The highest BCUT2D eigenvalue weighted by molar-refractivity contribution is 5.96. The minimum Gasteiger partial charge on any atom is -0.486 e. The minimum atomic E-state index is -0.328. The van der Waals surface area contributed by atoms with E-state index in [2.05, 4.69) is 43.2 Å². The molecule has 1 saturated heterocycles. The first-order chi connectivity index (χ1) is 19.6. The first-order valence-corrected chi connectivity index (χ1v) is 14.8. The summed E-state index contributed by atoms with van der Waals surface area (Å²) >= 11 is 0. The zero-order chi connectivity index (χ0) is 28.9. The third-order valence-corrected chi connectivity index (χ3v) is 9.88. The van der Waals surface area contributed by atoms with Crippen molar-refractivity contribution in [2.24, 2.45) is 35.2 Å². The molecule has 0 amide bonds. The maximum absolute atomic E-state index is 13.3. The lowest BCUT2D eigenvalue weighted by Crippen LogP contribution is -2.57. The Morgan fingerprint density at radius 2 is 1.98 bits per heavy atom. The Morgan fingerprint density at radius 1 is 1.20 bits per heavy atom. The van der Waals surface area contributed by atoms with Gasteiger partial charge >= 0.3 is 0 Å². The molecule has 2 bridgehead atoms. The first kappa shape index (κ1) is 27.7. The van der Waals surface area contributed by atoms with E-state index in [9.17, 15) is 9.18 Å². The summed E-state index contributed by atoms with van der Waals surface area (Å²) in [5.41, 5.74) is 1.72. The summed E-state index contributed by atoms with van der Waals surface area (Å²) in [7, 11) is 1.69. The molecule has 4 aliphatic rings. The van der Waals surface area contributed by atoms with E-state index in [1.807, 2.05) is 18.2 Å². The van der Waals surface area contributed by atoms with Gasteiger partial charge in [-0.15, -0.1) is 0 Å². The summed E-state index contributed by atoms with van der Waals surface area (Å²) in [6, 6.07) is 12.2. The average Bonchev–Trinajstić information content (AvgIpc) is 2.95. The molecule has 218 valence electrons. The van der Waals surface area contributed by atoms with E-state index >= 15 is 0 Å². The summed E-state index contributed by atoms with van der Waals surface area (Å²) in [6.07, 6.45) is 2.45. The van der Waals surface area contributed by atoms with E-state index in [1.165, 1.54) is 23.1 Å². The fraction of sp³-hybridized carbons (Fsp3) is 0.531. The average molecular weight is 561 g/mol. The molecule has 1 aliphatic heterocycles. The summed E-state index contributed by atoms with van der Waals surface area (Å²) < 4.78 is 20.6. The molecule has 0 radical (unpaired) electrons. The van der Waals surface area contributed by atoms with Crippen molar-refractivity contribution >= 4 is 22.5 Å². The fourth-order valence-corrected chi connectivity index (χ4v) is 7.10. The lowest BCUT2D eigenvalue weighted by Gasteiger charge is -2.61. The van der Waals surface area contributed by atoms with Crippen molar-refractivity contribution in [1.82, 2.24) is 19.8 Å². The number of nitrogens with zero attached hydrogens (tertiary/aromatic N) is 4. The number of benzene rings is 2. The molecule has 1 unspecified atom stereocenters. The van der Waals surface area contributed by atoms with E-state index < -0.39 is 0 Å². The normalized spacial score (nSPS) is 27.4. The van der Waals surface area contributed by atoms with Crippen molar-refractivity contribution in [3.8, 4) is 5.75 Å². The number of aliphatic imine (C=N–C) groups is 1. The van der Waals surface area contributed by atoms with Crippen molar-refractivity contribution in [2.45, 2.75) is 59.2 Å². The van der Waals surface area contributed by atoms with Gasteiger partial charge in [-0.3, -0.25) is 9.36 Å². The van der Waals surface area contributed by atoms with E-state index in [1.54, 1.807) is 19.2 Å². The van der Waals surface area contributed by atoms with Gasteiger partial charge in [-0.1, -0.05) is 20.8 Å². The topological polar surface area (TPSA) is 83.8 Å². The van der Waals surface area contributed by atoms with Gasteiger partial charge in [-0.05, 0) is 85.4 Å². The van der Waals surface area contributed by atoms with E-state index in [-0.39, 0.29) is 18.0 Å². The van der Waals surface area contributed by atoms with Crippen LogP contribution in [0.5, 0.6) is 5.75 Å². The molecule has 2 heterocycles. The van der Waals surface area contributed by atoms with Crippen molar-refractivity contribution in [1.29, 1.82) is 0 Å². The highest BCUT2D eigenvalue weighted by Gasteiger charge is 2.56. The van der Waals surface area contributed by atoms with Gasteiger partial charge in [-0.2, -0.15) is 0 Å². The molecular formula is C32H41FN6O2. The van der Waals surface area contributed by atoms with Crippen LogP contribution in [0, 0.1) is 29.0 Å². The predicted octanol–water partition coefficient (Wildman–Crippen LogP) is 4.78. The van der Waals surface area contributed by atoms with Crippen LogP contribution >= 0.6 is 0 Å². The number of anilines is 1. The van der Waals surface area contributed by atoms with Crippen molar-refractivity contribution in [3.63, 3.8) is 0 Å². The molecule has 5 atom stereocenters. The number of halogens is 1. The largest absolute Gasteiger partial charge is 0.486 e. The van der Waals surface area contributed by atoms with Gasteiger partial charge in [0.15, 0.2) is 5.96 Å². The van der Waals surface area contributed by atoms with Crippen LogP contribution in [0.3, 0.4) is 0 Å². The number of hydrogen-bond acceptors (Lipinski definition) is 5. The van der Waals surface area contributed by atoms with Crippen LogP contribution in [-0.4, -0.2) is 52.1 Å². The summed E-state index contributed by atoms with van der Waals surface area (Å²) in [5.74, 6) is 3.57. The number of piperazine rings is 1. The SMILES string of the molecule is C[C@@H]1C(N=C(Nc2ccc3c(=O)n(C)c(COc4ccc(F)cc4)nc3c2)N2CCN[C@@H](C)C2)C[C@@H]2C[C@H]1C2(C)C. The zero-order valence-electron chi connectivity index (χ0n) is 24.7. The fourth-order valence-electron chi connectivity index (χ4n) is 7.10. The Kier molecular flexibility index (Phi) is 7.26. The minimum absolute atomic E-state index is 0.0919. The monoisotopic (exact) mass is 560 g/mol. The molecule has 41 heavy (non-hydrogen) atoms. The molecule has 0 spiro atoms. The molecule has 2 aromatic carbocycles. The third kappa shape index (κ3) is 5.32. The number of rotatable bonds is 5. The van der Waals surface area contributed by atoms with E-state index in [0.717, 1.165) is 49.5 Å². The lowest BCUT2D eigenvalue weighted by atomic mass is 9.45. The number of hydrogen-bond donors (Lipinski definition) is 2. The predicted molar refractivity (Wildman–Crippen MR) is 161 cm³/mol. The Hall–Kier alpha value is -3.46. The Labute approximate surface area is 241 Å². The van der Waals surface area contributed by atoms with Crippen molar-refractivity contribution in [3.05, 3.63) is 64.5 Å². The number of guanidine groups is 1. The quantitative estimate of drug-likeness (QED) is 0.345. The van der Waals surface area contributed by atoms with Gasteiger partial charge in [-0.25, -0.2) is 14.4 Å².